The number of nitrogens with one attached hydrogen (secondary N) is 1. The molecule has 1 saturated heterocycles. The summed E-state index contributed by atoms with van der Waals surface area (Å²) in [4.78, 5) is 37.7. The SMILES string of the molecule is CC(C)(C)OC(=O)N[C@@H](CC1CCC(O)CC1)C(=O)N1CCCC1.CN(C)C=O. The summed E-state index contributed by atoms with van der Waals surface area (Å²) in [5.74, 6) is 0.365. The first-order valence-electron chi connectivity index (χ1n) is 10.6. The van der Waals surface area contributed by atoms with Gasteiger partial charge in [0.05, 0.1) is 6.10 Å². The second kappa shape index (κ2) is 12.0. The number of ether oxygens (including phenoxy) is 1. The Morgan fingerprint density at radius 2 is 1.69 bits per heavy atom. The normalized spacial score (nSPS) is 22.8. The van der Waals surface area contributed by atoms with Gasteiger partial charge in [-0.05, 0) is 71.6 Å². The molecule has 1 atom stereocenters. The zero-order chi connectivity index (χ0) is 22.0. The minimum Gasteiger partial charge on any atom is -0.444 e. The molecule has 2 fully saturated rings. The third-order valence-electron chi connectivity index (χ3n) is 5.00. The van der Waals surface area contributed by atoms with Crippen LogP contribution in [0.5, 0.6) is 0 Å². The van der Waals surface area contributed by atoms with Gasteiger partial charge < -0.3 is 25.0 Å². The van der Waals surface area contributed by atoms with Gasteiger partial charge in [-0.1, -0.05) is 0 Å². The summed E-state index contributed by atoms with van der Waals surface area (Å²) in [7, 11) is 3.38. The van der Waals surface area contributed by atoms with Gasteiger partial charge in [0.25, 0.3) is 0 Å². The van der Waals surface area contributed by atoms with Crippen LogP contribution >= 0.6 is 0 Å². The maximum absolute atomic E-state index is 12.8. The van der Waals surface area contributed by atoms with E-state index >= 15 is 0 Å². The number of amides is 3. The van der Waals surface area contributed by atoms with Crippen molar-refractivity contribution >= 4 is 18.4 Å². The highest BCUT2D eigenvalue weighted by Gasteiger charge is 2.32. The van der Waals surface area contributed by atoms with E-state index in [1.54, 1.807) is 14.1 Å². The molecule has 8 nitrogen and oxygen atoms in total. The van der Waals surface area contributed by atoms with E-state index in [-0.39, 0.29) is 12.0 Å². The highest BCUT2D eigenvalue weighted by atomic mass is 16.6. The van der Waals surface area contributed by atoms with Crippen molar-refractivity contribution in [3.63, 3.8) is 0 Å². The zero-order valence-corrected chi connectivity index (χ0v) is 18.6. The van der Waals surface area contributed by atoms with E-state index in [1.165, 1.54) is 4.90 Å². The lowest BCUT2D eigenvalue weighted by Crippen LogP contribution is -2.50. The highest BCUT2D eigenvalue weighted by Crippen LogP contribution is 2.28. The number of rotatable bonds is 5. The van der Waals surface area contributed by atoms with Gasteiger partial charge in [0, 0.05) is 27.2 Å². The first kappa shape index (κ1) is 25.2. The Kier molecular flexibility index (Phi) is 10.4. The number of hydrogen-bond acceptors (Lipinski definition) is 5. The Hall–Kier alpha value is -1.83. The Balaban J connectivity index is 0.000000749. The van der Waals surface area contributed by atoms with Gasteiger partial charge in [0.15, 0.2) is 0 Å². The number of nitrogens with zero attached hydrogens (tertiary/aromatic N) is 2. The number of likely N-dealkylation sites (tertiary alicyclic amines) is 1. The summed E-state index contributed by atoms with van der Waals surface area (Å²) < 4.78 is 5.33. The van der Waals surface area contributed by atoms with Crippen LogP contribution in [0.3, 0.4) is 0 Å². The second-order valence-electron chi connectivity index (χ2n) is 9.21. The molecule has 168 valence electrons. The third kappa shape index (κ3) is 10.5. The number of hydrogen-bond donors (Lipinski definition) is 2. The van der Waals surface area contributed by atoms with E-state index in [0.717, 1.165) is 58.0 Å². The standard InChI is InChI=1S/C18H32N2O4.C3H7NO/c1-18(2,3)24-17(23)19-15(16(22)20-10-4-5-11-20)12-13-6-8-14(21)9-7-13;1-4(2)3-5/h13-15,21H,4-12H2,1-3H3,(H,19,23);3H,1-2H3/t13?,14?,15-;/m0./s1. The quantitative estimate of drug-likeness (QED) is 0.673. The molecule has 0 aromatic heterocycles. The third-order valence-corrected chi connectivity index (χ3v) is 5.00. The summed E-state index contributed by atoms with van der Waals surface area (Å²) in [6.45, 7) is 6.98. The van der Waals surface area contributed by atoms with Gasteiger partial charge in [0.2, 0.25) is 12.3 Å². The Morgan fingerprint density at radius 1 is 1.17 bits per heavy atom. The first-order valence-corrected chi connectivity index (χ1v) is 10.6. The van der Waals surface area contributed by atoms with Crippen molar-refractivity contribution in [3.05, 3.63) is 0 Å². The maximum Gasteiger partial charge on any atom is 0.408 e. The number of carbonyl (C=O) groups excluding carboxylic acids is 3. The van der Waals surface area contributed by atoms with E-state index in [0.29, 0.717) is 12.3 Å². The van der Waals surface area contributed by atoms with Crippen molar-refractivity contribution in [2.45, 2.75) is 83.5 Å². The molecule has 0 radical (unpaired) electrons. The number of carbonyl (C=O) groups is 3. The van der Waals surface area contributed by atoms with E-state index in [9.17, 15) is 19.5 Å². The predicted molar refractivity (Wildman–Crippen MR) is 111 cm³/mol. The second-order valence-corrected chi connectivity index (χ2v) is 9.21. The molecular weight excluding hydrogens is 374 g/mol. The first-order chi connectivity index (χ1) is 13.5. The average molecular weight is 414 g/mol. The number of aliphatic hydroxyl groups is 1. The van der Waals surface area contributed by atoms with Gasteiger partial charge in [-0.15, -0.1) is 0 Å². The van der Waals surface area contributed by atoms with Crippen LogP contribution < -0.4 is 5.32 Å². The summed E-state index contributed by atoms with van der Waals surface area (Å²) in [5.41, 5.74) is -0.583. The average Bonchev–Trinajstić information content (AvgIpc) is 3.16. The van der Waals surface area contributed by atoms with Crippen LogP contribution in [0.4, 0.5) is 4.79 Å². The van der Waals surface area contributed by atoms with Gasteiger partial charge in [-0.3, -0.25) is 9.59 Å². The largest absolute Gasteiger partial charge is 0.444 e. The number of aliphatic hydroxyl groups excluding tert-OH is 1. The molecule has 0 spiro atoms. The van der Waals surface area contributed by atoms with E-state index in [1.807, 2.05) is 25.7 Å². The van der Waals surface area contributed by atoms with Crippen molar-refractivity contribution in [1.82, 2.24) is 15.1 Å². The maximum atomic E-state index is 12.8. The van der Waals surface area contributed by atoms with Gasteiger partial charge in [-0.25, -0.2) is 4.79 Å². The molecule has 0 unspecified atom stereocenters. The summed E-state index contributed by atoms with van der Waals surface area (Å²) in [6.07, 6.45) is 6.05. The minimum atomic E-state index is -0.583. The summed E-state index contributed by atoms with van der Waals surface area (Å²) in [5, 5.41) is 12.4. The fourth-order valence-electron chi connectivity index (χ4n) is 3.54. The molecule has 1 heterocycles. The molecule has 1 aliphatic heterocycles. The smallest absolute Gasteiger partial charge is 0.408 e. The molecule has 8 heteroatoms. The Morgan fingerprint density at radius 3 is 2.14 bits per heavy atom. The molecule has 1 saturated carbocycles. The highest BCUT2D eigenvalue weighted by molar-refractivity contribution is 5.86. The van der Waals surface area contributed by atoms with Gasteiger partial charge >= 0.3 is 6.09 Å². The lowest BCUT2D eigenvalue weighted by molar-refractivity contribution is -0.133. The fourth-order valence-corrected chi connectivity index (χ4v) is 3.54. The molecule has 2 N–H and O–H groups in total. The van der Waals surface area contributed by atoms with Gasteiger partial charge in [-0.2, -0.15) is 0 Å². The molecule has 1 aliphatic carbocycles. The predicted octanol–water partition coefficient (Wildman–Crippen LogP) is 2.15. The van der Waals surface area contributed by atoms with Crippen LogP contribution in [0.1, 0.15) is 65.7 Å². The van der Waals surface area contributed by atoms with Gasteiger partial charge in [0.1, 0.15) is 11.6 Å². The van der Waals surface area contributed by atoms with Crippen LogP contribution in [0, 0.1) is 5.92 Å². The molecule has 29 heavy (non-hydrogen) atoms. The van der Waals surface area contributed by atoms with Crippen LogP contribution in [0.15, 0.2) is 0 Å². The van der Waals surface area contributed by atoms with Crippen molar-refractivity contribution in [3.8, 4) is 0 Å². The van der Waals surface area contributed by atoms with Crippen LogP contribution in [0.2, 0.25) is 0 Å². The van der Waals surface area contributed by atoms with E-state index in [2.05, 4.69) is 5.32 Å². The molecule has 2 aliphatic rings. The molecule has 0 aromatic carbocycles. The summed E-state index contributed by atoms with van der Waals surface area (Å²) in [6, 6.07) is -0.529. The van der Waals surface area contributed by atoms with E-state index < -0.39 is 17.7 Å². The van der Waals surface area contributed by atoms with Crippen LogP contribution in [-0.2, 0) is 14.3 Å². The molecule has 0 aromatic rings. The van der Waals surface area contributed by atoms with E-state index in [4.69, 9.17) is 4.74 Å². The minimum absolute atomic E-state index is 0.00415. The van der Waals surface area contributed by atoms with Crippen LogP contribution in [-0.4, -0.2) is 78.2 Å². The summed E-state index contributed by atoms with van der Waals surface area (Å²) >= 11 is 0. The molecule has 0 bridgehead atoms. The van der Waals surface area contributed by atoms with Crippen molar-refractivity contribution in [1.29, 1.82) is 0 Å². The van der Waals surface area contributed by atoms with Crippen molar-refractivity contribution < 1.29 is 24.2 Å². The fraction of sp³-hybridized carbons (Fsp3) is 0.857. The lowest BCUT2D eigenvalue weighted by atomic mass is 9.83. The topological polar surface area (TPSA) is 99.2 Å². The molecule has 3 amide bonds. The number of alkyl carbamates (subject to hydrolysis) is 1. The van der Waals surface area contributed by atoms with Crippen LogP contribution in [0.25, 0.3) is 0 Å². The monoisotopic (exact) mass is 413 g/mol. The molecule has 2 rings (SSSR count). The Bertz CT molecular complexity index is 519. The van der Waals surface area contributed by atoms with Crippen molar-refractivity contribution in [2.24, 2.45) is 5.92 Å². The lowest BCUT2D eigenvalue weighted by Gasteiger charge is -2.31. The zero-order valence-electron chi connectivity index (χ0n) is 18.6. The Labute approximate surface area is 174 Å². The molecular formula is C21H39N3O5. The van der Waals surface area contributed by atoms with Crippen molar-refractivity contribution in [2.75, 3.05) is 27.2 Å².